The number of carbonyl (C=O) groups excluding carboxylic acids is 2. The van der Waals surface area contributed by atoms with Crippen LogP contribution in [0.15, 0.2) is 9.98 Å². The van der Waals surface area contributed by atoms with Gasteiger partial charge in [0.2, 0.25) is 12.8 Å². The van der Waals surface area contributed by atoms with E-state index in [4.69, 9.17) is 39.2 Å². The number of thioether (sulfide) groups is 10. The number of alkyl carbamates (subject to hydrolysis) is 2. The first-order chi connectivity index (χ1) is 22.7. The summed E-state index contributed by atoms with van der Waals surface area (Å²) < 4.78 is 10.1. The summed E-state index contributed by atoms with van der Waals surface area (Å²) in [5, 5.41) is 24.1. The Balaban J connectivity index is 3.27. The highest BCUT2D eigenvalue weighted by Crippen LogP contribution is 2.12. The van der Waals surface area contributed by atoms with Gasteiger partial charge in [0.1, 0.15) is 23.8 Å². The maximum atomic E-state index is 11.7. The molecule has 0 unspecified atom stereocenters. The second kappa shape index (κ2) is 42.0. The highest BCUT2D eigenvalue weighted by molar-refractivity contribution is 8.16. The van der Waals surface area contributed by atoms with Crippen molar-refractivity contribution < 1.29 is 48.8 Å². The highest BCUT2D eigenvalue weighted by Gasteiger charge is 2.02. The predicted octanol–water partition coefficient (Wildman–Crippen LogP) is 5.20. The summed E-state index contributed by atoms with van der Waals surface area (Å²) in [4.78, 5) is 50.9. The van der Waals surface area contributed by atoms with Crippen LogP contribution < -0.4 is 10.6 Å². The first-order valence-corrected chi connectivity index (χ1v) is 24.6. The Morgan fingerprint density at radius 2 is 0.957 bits per heavy atom. The number of nitrogens with one attached hydrogen (secondary N) is 2. The Morgan fingerprint density at radius 1 is 0.543 bits per heavy atom. The zero-order chi connectivity index (χ0) is 33.4. The van der Waals surface area contributed by atoms with Gasteiger partial charge < -0.3 is 40.1 Å². The van der Waals surface area contributed by atoms with Crippen LogP contribution in [0.3, 0.4) is 0 Å². The van der Waals surface area contributed by atoms with Crippen LogP contribution in [0.5, 0.6) is 0 Å². The number of aliphatic hydroxyl groups is 2. The van der Waals surface area contributed by atoms with E-state index < -0.39 is 12.2 Å². The van der Waals surface area contributed by atoms with Gasteiger partial charge in [-0.2, -0.15) is 9.78 Å². The zero-order valence-corrected chi connectivity index (χ0v) is 33.2. The molecule has 2 amide bonds. The topological polar surface area (TPSA) is 179 Å². The average molecular weight is 843 g/mol. The predicted molar refractivity (Wildman–Crippen MR) is 209 cm³/mol. The molecule has 0 spiro atoms. The molecule has 0 radical (unpaired) electrons. The molecular weight excluding hydrogens is 801 g/mol. The first kappa shape index (κ1) is 46.8. The Kier molecular flexibility index (Phi) is 42.7. The molecule has 14 nitrogen and oxygen atoms in total. The third-order valence-corrected chi connectivity index (χ3v) is 13.0. The number of aliphatic imine (C=N–C) groups is 2. The molecule has 0 bridgehead atoms. The molecule has 0 aromatic carbocycles. The fourth-order valence-corrected chi connectivity index (χ4v) is 9.02. The minimum atomic E-state index is -0.443. The van der Waals surface area contributed by atoms with E-state index in [0.29, 0.717) is 40.5 Å². The van der Waals surface area contributed by atoms with Gasteiger partial charge in [-0.3, -0.25) is 0 Å². The maximum Gasteiger partial charge on any atom is 0.408 e. The lowest BCUT2D eigenvalue weighted by atomic mass is 11.0. The van der Waals surface area contributed by atoms with Gasteiger partial charge in [0.25, 0.3) is 0 Å². The number of carbonyl (C=O) groups is 2. The SMILES string of the molecule is O=C(NCSCCSC/N=C/OOCSCSCO)OCSCCSCOO/C=N\CSCCSCNC(=O)OCSCSCO. The zero-order valence-electron chi connectivity index (χ0n) is 25.0. The Bertz CT molecular complexity index is 745. The number of hydrogen-bond acceptors (Lipinski definition) is 22. The van der Waals surface area contributed by atoms with Crippen LogP contribution in [-0.2, 0) is 29.0 Å². The van der Waals surface area contributed by atoms with E-state index in [0.717, 1.165) is 39.6 Å². The van der Waals surface area contributed by atoms with E-state index in [1.54, 1.807) is 58.8 Å². The molecule has 0 aliphatic heterocycles. The van der Waals surface area contributed by atoms with E-state index in [1.807, 2.05) is 0 Å². The van der Waals surface area contributed by atoms with Gasteiger partial charge in [-0.25, -0.2) is 19.6 Å². The summed E-state index contributed by atoms with van der Waals surface area (Å²) in [5.74, 6) is 8.64. The van der Waals surface area contributed by atoms with Crippen molar-refractivity contribution >= 4 is 143 Å². The lowest BCUT2D eigenvalue weighted by molar-refractivity contribution is -0.196. The van der Waals surface area contributed by atoms with Crippen molar-refractivity contribution in [3.8, 4) is 0 Å². The van der Waals surface area contributed by atoms with E-state index in [9.17, 15) is 9.59 Å². The molecule has 0 aliphatic carbocycles. The Morgan fingerprint density at radius 3 is 1.48 bits per heavy atom. The number of rotatable bonds is 35. The van der Waals surface area contributed by atoms with Gasteiger partial charge in [0.15, 0.2) is 0 Å². The molecule has 0 heterocycles. The molecule has 270 valence electrons. The van der Waals surface area contributed by atoms with Gasteiger partial charge in [0, 0.05) is 44.7 Å². The van der Waals surface area contributed by atoms with E-state index in [2.05, 4.69) is 20.6 Å². The minimum absolute atomic E-state index is 0.0612. The van der Waals surface area contributed by atoms with Crippen LogP contribution >= 0.6 is 118 Å². The maximum absolute atomic E-state index is 11.7. The molecule has 4 N–H and O–H groups in total. The number of nitrogens with zero attached hydrogens (tertiary/aromatic N) is 2. The number of amides is 2. The Hall–Kier alpha value is 0.820. The molecule has 24 heteroatoms. The fourth-order valence-electron chi connectivity index (χ4n) is 1.93. The molecule has 0 saturated heterocycles. The standard InChI is InChI=1S/C22H42N4O10S10/c27-13-43-19-45-16-32-22(30)26-12-40-4-2-37-9-23-7-33-35-17-42-6-5-41-15-31-21(29)25-11-39-3-1-38-10-24-8-34-36-18-46-20-44-14-28/h7-8,27-28H,1-6,9-20H2,(H,25,29)(H,26,30)/b23-7-,24-8+. The number of ether oxygens (including phenoxy) is 2. The molecule has 0 fully saturated rings. The van der Waals surface area contributed by atoms with Crippen LogP contribution in [0.1, 0.15) is 0 Å². The van der Waals surface area contributed by atoms with Crippen molar-refractivity contribution in [3.63, 3.8) is 0 Å². The normalized spacial score (nSPS) is 11.3. The minimum Gasteiger partial charge on any atom is -0.438 e. The lowest BCUT2D eigenvalue weighted by Gasteiger charge is -2.06. The molecule has 46 heavy (non-hydrogen) atoms. The van der Waals surface area contributed by atoms with Crippen molar-refractivity contribution in [2.75, 3.05) is 104 Å². The van der Waals surface area contributed by atoms with Crippen LogP contribution in [-0.4, -0.2) is 139 Å². The van der Waals surface area contributed by atoms with Gasteiger partial charge >= 0.3 is 12.2 Å². The third kappa shape index (κ3) is 41.0. The lowest BCUT2D eigenvalue weighted by Crippen LogP contribution is -2.24. The first-order valence-electron chi connectivity index (χ1n) is 13.0. The van der Waals surface area contributed by atoms with Gasteiger partial charge in [0.05, 0.1) is 35.4 Å². The van der Waals surface area contributed by atoms with E-state index >= 15 is 0 Å². The van der Waals surface area contributed by atoms with Crippen molar-refractivity contribution in [2.45, 2.75) is 0 Å². The quantitative estimate of drug-likeness (QED) is 0.0163. The van der Waals surface area contributed by atoms with Crippen molar-refractivity contribution in [1.29, 1.82) is 0 Å². The molecule has 0 rings (SSSR count). The number of aliphatic hydroxyl groups excluding tert-OH is 2. The van der Waals surface area contributed by atoms with Gasteiger partial charge in [-0.05, 0) is 0 Å². The summed E-state index contributed by atoms with van der Waals surface area (Å²) in [6.07, 6.45) is 1.68. The monoisotopic (exact) mass is 842 g/mol. The largest absolute Gasteiger partial charge is 0.438 e. The average Bonchev–Trinajstić information content (AvgIpc) is 3.05. The molecule has 0 atom stereocenters. The van der Waals surface area contributed by atoms with Crippen molar-refractivity contribution in [2.24, 2.45) is 9.98 Å². The fraction of sp³-hybridized carbons (Fsp3) is 0.818. The summed E-state index contributed by atoms with van der Waals surface area (Å²) in [7, 11) is 0. The highest BCUT2D eigenvalue weighted by atomic mass is 32.2. The summed E-state index contributed by atoms with van der Waals surface area (Å²) in [6, 6.07) is 0. The van der Waals surface area contributed by atoms with Crippen LogP contribution in [0.25, 0.3) is 0 Å². The summed E-state index contributed by atoms with van der Waals surface area (Å²) >= 11 is 15.2. The molecule has 0 aromatic heterocycles. The molecule has 0 aromatic rings. The van der Waals surface area contributed by atoms with Gasteiger partial charge in [-0.1, -0.05) is 0 Å². The van der Waals surface area contributed by atoms with Crippen molar-refractivity contribution in [3.05, 3.63) is 0 Å². The smallest absolute Gasteiger partial charge is 0.408 e. The second-order valence-electron chi connectivity index (χ2n) is 7.00. The summed E-state index contributed by atoms with van der Waals surface area (Å²) in [6.45, 7) is 0. The van der Waals surface area contributed by atoms with Crippen LogP contribution in [0.4, 0.5) is 9.59 Å². The summed E-state index contributed by atoms with van der Waals surface area (Å²) in [5.41, 5.74) is 0. The second-order valence-corrected chi connectivity index (χ2v) is 18.0. The Labute approximate surface area is 313 Å². The molecule has 0 saturated carbocycles. The van der Waals surface area contributed by atoms with E-state index in [-0.39, 0.29) is 23.8 Å². The van der Waals surface area contributed by atoms with Crippen LogP contribution in [0.2, 0.25) is 0 Å². The van der Waals surface area contributed by atoms with Crippen molar-refractivity contribution in [1.82, 2.24) is 10.6 Å². The molecule has 0 aliphatic rings. The molecular formula is C22H42N4O10S10. The van der Waals surface area contributed by atoms with Crippen LogP contribution in [0, 0.1) is 0 Å². The van der Waals surface area contributed by atoms with Gasteiger partial charge in [-0.15, -0.1) is 118 Å². The number of hydrogen-bond donors (Lipinski definition) is 4. The third-order valence-electron chi connectivity index (χ3n) is 3.78. The van der Waals surface area contributed by atoms with E-state index in [1.165, 1.54) is 71.6 Å².